The van der Waals surface area contributed by atoms with Gasteiger partial charge >= 0.3 is 5.97 Å². The summed E-state index contributed by atoms with van der Waals surface area (Å²) in [7, 11) is 0. The van der Waals surface area contributed by atoms with Crippen molar-refractivity contribution in [2.45, 2.75) is 25.8 Å². The van der Waals surface area contributed by atoms with Gasteiger partial charge < -0.3 is 19.2 Å². The molecule has 1 N–H and O–H groups in total. The maximum atomic E-state index is 12.4. The molecule has 0 bridgehead atoms. The first kappa shape index (κ1) is 17.1. The van der Waals surface area contributed by atoms with E-state index in [2.05, 4.69) is 0 Å². The second kappa shape index (κ2) is 7.42. The van der Waals surface area contributed by atoms with Crippen molar-refractivity contribution in [2.75, 3.05) is 13.2 Å². The molecule has 6 nitrogen and oxygen atoms in total. The number of nitrogens with zero attached hydrogens (tertiary/aromatic N) is 1. The van der Waals surface area contributed by atoms with Crippen molar-refractivity contribution in [1.82, 2.24) is 4.90 Å². The van der Waals surface area contributed by atoms with Crippen LogP contribution in [0.1, 0.15) is 30.2 Å². The number of carbonyl (C=O) groups is 2. The summed E-state index contributed by atoms with van der Waals surface area (Å²) in [5.74, 6) is -0.416. The lowest BCUT2D eigenvalue weighted by molar-refractivity contribution is -0.153. The largest absolute Gasteiger partial charge is 0.491 e. The lowest BCUT2D eigenvalue weighted by Crippen LogP contribution is -2.46. The van der Waals surface area contributed by atoms with Gasteiger partial charge in [0.25, 0.3) is 0 Å². The van der Waals surface area contributed by atoms with Crippen LogP contribution >= 0.6 is 0 Å². The highest BCUT2D eigenvalue weighted by Gasteiger charge is 2.42. The molecule has 6 heteroatoms. The minimum atomic E-state index is -0.918. The highest BCUT2D eigenvalue weighted by Crippen LogP contribution is 2.37. The third kappa shape index (κ3) is 3.68. The number of carbonyl (C=O) groups excluding carboxylic acids is 1. The van der Waals surface area contributed by atoms with Gasteiger partial charge in [0.05, 0.1) is 18.7 Å². The zero-order valence-electron chi connectivity index (χ0n) is 14.1. The number of amides is 1. The summed E-state index contributed by atoms with van der Waals surface area (Å²) in [6, 6.07) is 10.5. The Morgan fingerprint density at radius 2 is 2.12 bits per heavy atom. The zero-order chi connectivity index (χ0) is 17.8. The molecule has 1 fully saturated rings. The van der Waals surface area contributed by atoms with Crippen molar-refractivity contribution < 1.29 is 23.8 Å². The second-order valence-corrected chi connectivity index (χ2v) is 6.14. The van der Waals surface area contributed by atoms with Crippen LogP contribution in [-0.4, -0.2) is 35.0 Å². The molecule has 0 radical (unpaired) electrons. The Balaban J connectivity index is 1.75. The van der Waals surface area contributed by atoms with Crippen LogP contribution in [0.15, 0.2) is 47.1 Å². The molecule has 1 amide bonds. The average molecular weight is 343 g/mol. The van der Waals surface area contributed by atoms with E-state index in [1.54, 1.807) is 17.0 Å². The molecule has 2 atom stereocenters. The Hall–Kier alpha value is -2.76. The highest BCUT2D eigenvalue weighted by atomic mass is 16.5. The molecule has 0 saturated carbocycles. The van der Waals surface area contributed by atoms with Gasteiger partial charge in [-0.1, -0.05) is 18.2 Å². The summed E-state index contributed by atoms with van der Waals surface area (Å²) < 4.78 is 11.2. The lowest BCUT2D eigenvalue weighted by atomic mass is 9.87. The highest BCUT2D eigenvalue weighted by molar-refractivity contribution is 5.81. The molecule has 0 aliphatic carbocycles. The SMILES string of the molecule is Cc1ccccc1OCCN1C(=O)CC[C@H](C(=O)O)[C@H]1c1ccco1. The second-order valence-electron chi connectivity index (χ2n) is 6.14. The van der Waals surface area contributed by atoms with E-state index in [1.165, 1.54) is 6.26 Å². The molecule has 0 spiro atoms. The van der Waals surface area contributed by atoms with Crippen LogP contribution in [0.2, 0.25) is 0 Å². The molecule has 3 rings (SSSR count). The van der Waals surface area contributed by atoms with Crippen LogP contribution in [0.25, 0.3) is 0 Å². The number of benzene rings is 1. The van der Waals surface area contributed by atoms with E-state index in [0.717, 1.165) is 11.3 Å². The minimum absolute atomic E-state index is 0.0766. The fourth-order valence-electron chi connectivity index (χ4n) is 3.26. The quantitative estimate of drug-likeness (QED) is 0.872. The smallest absolute Gasteiger partial charge is 0.309 e. The number of piperidine rings is 1. The summed E-state index contributed by atoms with van der Waals surface area (Å²) >= 11 is 0. The predicted octanol–water partition coefficient (Wildman–Crippen LogP) is 3.03. The van der Waals surface area contributed by atoms with Gasteiger partial charge in [-0.25, -0.2) is 0 Å². The van der Waals surface area contributed by atoms with Gasteiger partial charge in [-0.2, -0.15) is 0 Å². The number of aryl methyl sites for hydroxylation is 1. The number of ether oxygens (including phenoxy) is 1. The van der Waals surface area contributed by atoms with E-state index in [-0.39, 0.29) is 12.3 Å². The minimum Gasteiger partial charge on any atom is -0.491 e. The Kier molecular flexibility index (Phi) is 5.07. The molecule has 2 aromatic rings. The third-order valence-corrected chi connectivity index (χ3v) is 4.54. The van der Waals surface area contributed by atoms with Gasteiger partial charge in [0.2, 0.25) is 5.91 Å². The summed E-state index contributed by atoms with van der Waals surface area (Å²) in [5.41, 5.74) is 1.01. The number of carboxylic acid groups (broad SMARTS) is 1. The molecular weight excluding hydrogens is 322 g/mol. The molecular formula is C19H21NO5. The first-order valence-electron chi connectivity index (χ1n) is 8.32. The van der Waals surface area contributed by atoms with E-state index in [0.29, 0.717) is 25.3 Å². The molecule has 2 heterocycles. The molecule has 1 aromatic heterocycles. The van der Waals surface area contributed by atoms with Crippen LogP contribution in [0.5, 0.6) is 5.75 Å². The van der Waals surface area contributed by atoms with Crippen LogP contribution in [-0.2, 0) is 9.59 Å². The van der Waals surface area contributed by atoms with Gasteiger partial charge in [-0.15, -0.1) is 0 Å². The average Bonchev–Trinajstić information content (AvgIpc) is 3.11. The predicted molar refractivity (Wildman–Crippen MR) is 90.2 cm³/mol. The fraction of sp³-hybridized carbons (Fsp3) is 0.368. The van der Waals surface area contributed by atoms with Crippen molar-refractivity contribution in [2.24, 2.45) is 5.92 Å². The Bertz CT molecular complexity index is 740. The van der Waals surface area contributed by atoms with E-state index in [1.807, 2.05) is 31.2 Å². The van der Waals surface area contributed by atoms with E-state index < -0.39 is 17.9 Å². The first-order valence-corrected chi connectivity index (χ1v) is 8.32. The lowest BCUT2D eigenvalue weighted by Gasteiger charge is -2.38. The van der Waals surface area contributed by atoms with Crippen LogP contribution in [0, 0.1) is 12.8 Å². The summed E-state index contributed by atoms with van der Waals surface area (Å²) in [6.45, 7) is 2.55. The number of para-hydroxylation sites is 1. The van der Waals surface area contributed by atoms with Gasteiger partial charge in [0.1, 0.15) is 24.2 Å². The molecule has 1 aliphatic rings. The van der Waals surface area contributed by atoms with Crippen molar-refractivity contribution in [1.29, 1.82) is 0 Å². The standard InChI is InChI=1S/C19H21NO5/c1-13-5-2-3-6-15(13)25-12-10-20-17(21)9-8-14(19(22)23)18(20)16-7-4-11-24-16/h2-7,11,14,18H,8-10,12H2,1H3,(H,22,23)/t14-,18-/m0/s1. The molecule has 1 aliphatic heterocycles. The Morgan fingerprint density at radius 3 is 2.80 bits per heavy atom. The van der Waals surface area contributed by atoms with Crippen molar-refractivity contribution in [3.8, 4) is 5.75 Å². The van der Waals surface area contributed by atoms with Gasteiger partial charge in [0.15, 0.2) is 0 Å². The van der Waals surface area contributed by atoms with E-state index in [4.69, 9.17) is 9.15 Å². The molecule has 1 aromatic carbocycles. The molecule has 0 unspecified atom stereocenters. The Labute approximate surface area is 146 Å². The number of furan rings is 1. The van der Waals surface area contributed by atoms with Crippen LogP contribution < -0.4 is 4.74 Å². The number of aliphatic carboxylic acids is 1. The molecule has 1 saturated heterocycles. The van der Waals surface area contributed by atoms with Crippen molar-refractivity contribution >= 4 is 11.9 Å². The number of likely N-dealkylation sites (tertiary alicyclic amines) is 1. The van der Waals surface area contributed by atoms with Crippen molar-refractivity contribution in [3.05, 3.63) is 54.0 Å². The third-order valence-electron chi connectivity index (χ3n) is 4.54. The maximum absolute atomic E-state index is 12.4. The molecule has 132 valence electrons. The maximum Gasteiger partial charge on any atom is 0.309 e. The summed E-state index contributed by atoms with van der Waals surface area (Å²) in [4.78, 5) is 25.6. The summed E-state index contributed by atoms with van der Waals surface area (Å²) in [5, 5.41) is 9.54. The van der Waals surface area contributed by atoms with Gasteiger partial charge in [-0.05, 0) is 37.1 Å². The first-order chi connectivity index (χ1) is 12.1. The summed E-state index contributed by atoms with van der Waals surface area (Å²) in [6.07, 6.45) is 2.03. The normalized spacial score (nSPS) is 20.5. The van der Waals surface area contributed by atoms with E-state index >= 15 is 0 Å². The van der Waals surface area contributed by atoms with E-state index in [9.17, 15) is 14.7 Å². The number of rotatable bonds is 6. The van der Waals surface area contributed by atoms with Gasteiger partial charge in [-0.3, -0.25) is 9.59 Å². The topological polar surface area (TPSA) is 80.0 Å². The Morgan fingerprint density at radius 1 is 1.32 bits per heavy atom. The van der Waals surface area contributed by atoms with Crippen LogP contribution in [0.3, 0.4) is 0 Å². The van der Waals surface area contributed by atoms with Crippen molar-refractivity contribution in [3.63, 3.8) is 0 Å². The van der Waals surface area contributed by atoms with Crippen LogP contribution in [0.4, 0.5) is 0 Å². The van der Waals surface area contributed by atoms with Gasteiger partial charge in [0, 0.05) is 6.42 Å². The monoisotopic (exact) mass is 343 g/mol. The fourth-order valence-corrected chi connectivity index (χ4v) is 3.26. The number of hydrogen-bond donors (Lipinski definition) is 1. The molecule has 25 heavy (non-hydrogen) atoms. The number of hydrogen-bond acceptors (Lipinski definition) is 4. The zero-order valence-corrected chi connectivity index (χ0v) is 14.1. The number of carboxylic acids is 1.